The van der Waals surface area contributed by atoms with Gasteiger partial charge in [-0.2, -0.15) is 0 Å². The minimum Gasteiger partial charge on any atom is -0.341 e. The van der Waals surface area contributed by atoms with Gasteiger partial charge in [0.2, 0.25) is 5.11 Å². The summed E-state index contributed by atoms with van der Waals surface area (Å²) in [6.07, 6.45) is 4.58. The molecule has 1 fully saturated rings. The fourth-order valence-corrected chi connectivity index (χ4v) is 4.75. The molecule has 1 saturated carbocycles. The first-order valence-electron chi connectivity index (χ1n) is 9.35. The van der Waals surface area contributed by atoms with E-state index in [2.05, 4.69) is 73.5 Å². The zero-order valence-corrected chi connectivity index (χ0v) is 16.5. The summed E-state index contributed by atoms with van der Waals surface area (Å²) in [5.74, 6) is 1.01. The van der Waals surface area contributed by atoms with Crippen LogP contribution in [0.4, 0.5) is 11.4 Å². The molecule has 26 heavy (non-hydrogen) atoms. The Balaban J connectivity index is 1.78. The van der Waals surface area contributed by atoms with E-state index in [-0.39, 0.29) is 5.54 Å². The summed E-state index contributed by atoms with van der Waals surface area (Å²) in [5.41, 5.74) is 5.91. The van der Waals surface area contributed by atoms with Crippen LogP contribution >= 0.6 is 12.2 Å². The lowest BCUT2D eigenvalue weighted by Gasteiger charge is -2.38. The summed E-state index contributed by atoms with van der Waals surface area (Å²) in [4.78, 5) is 7.17. The van der Waals surface area contributed by atoms with Crippen molar-refractivity contribution >= 4 is 34.5 Å². The van der Waals surface area contributed by atoms with Crippen molar-refractivity contribution in [1.82, 2.24) is 0 Å². The Hall–Kier alpha value is -2.20. The summed E-state index contributed by atoms with van der Waals surface area (Å²) < 4.78 is 0. The molecule has 2 aliphatic rings. The average molecular weight is 364 g/mol. The number of para-hydroxylation sites is 2. The predicted octanol–water partition coefficient (Wildman–Crippen LogP) is 5.54. The lowest BCUT2D eigenvalue weighted by molar-refractivity contribution is 0.594. The van der Waals surface area contributed by atoms with Crippen LogP contribution in [0.1, 0.15) is 42.4 Å². The monoisotopic (exact) mass is 363 g/mol. The first-order chi connectivity index (χ1) is 12.5. The van der Waals surface area contributed by atoms with Gasteiger partial charge in [0.1, 0.15) is 11.4 Å². The molecule has 1 spiro atoms. The maximum atomic E-state index is 5.75. The predicted molar refractivity (Wildman–Crippen MR) is 114 cm³/mol. The zero-order chi connectivity index (χ0) is 18.3. The number of thiocarbonyl (C=S) groups is 1. The van der Waals surface area contributed by atoms with Crippen LogP contribution < -0.4 is 10.2 Å². The van der Waals surface area contributed by atoms with Gasteiger partial charge in [-0.15, -0.1) is 0 Å². The highest BCUT2D eigenvalue weighted by molar-refractivity contribution is 7.80. The van der Waals surface area contributed by atoms with Crippen molar-refractivity contribution < 1.29 is 0 Å². The summed E-state index contributed by atoms with van der Waals surface area (Å²) >= 11 is 5.75. The highest BCUT2D eigenvalue weighted by Gasteiger charge is 2.50. The van der Waals surface area contributed by atoms with E-state index in [1.807, 2.05) is 0 Å². The molecule has 3 nitrogen and oxygen atoms in total. The molecule has 1 N–H and O–H groups in total. The molecule has 0 saturated heterocycles. The molecule has 2 aromatic carbocycles. The van der Waals surface area contributed by atoms with Gasteiger partial charge in [-0.05, 0) is 68.6 Å². The van der Waals surface area contributed by atoms with Crippen molar-refractivity contribution in [2.45, 2.75) is 52.0 Å². The molecule has 0 radical (unpaired) electrons. The number of nitrogens with zero attached hydrogens (tertiary/aromatic N) is 2. The van der Waals surface area contributed by atoms with Gasteiger partial charge >= 0.3 is 0 Å². The van der Waals surface area contributed by atoms with E-state index in [0.29, 0.717) is 5.11 Å². The molecule has 4 rings (SSSR count). The van der Waals surface area contributed by atoms with Crippen molar-refractivity contribution in [3.63, 3.8) is 0 Å². The van der Waals surface area contributed by atoms with Crippen molar-refractivity contribution in [1.29, 1.82) is 0 Å². The van der Waals surface area contributed by atoms with Gasteiger partial charge in [-0.1, -0.05) is 49.2 Å². The van der Waals surface area contributed by atoms with Gasteiger partial charge < -0.3 is 10.2 Å². The summed E-state index contributed by atoms with van der Waals surface area (Å²) in [5, 5.41) is 4.36. The minimum absolute atomic E-state index is 0.141. The van der Waals surface area contributed by atoms with E-state index in [0.717, 1.165) is 24.4 Å². The minimum atomic E-state index is -0.141. The number of hydrogen-bond donors (Lipinski definition) is 1. The zero-order valence-electron chi connectivity index (χ0n) is 15.7. The Kier molecular flexibility index (Phi) is 4.31. The van der Waals surface area contributed by atoms with Gasteiger partial charge in [-0.3, -0.25) is 0 Å². The number of hydrogen-bond acceptors (Lipinski definition) is 2. The molecule has 0 atom stereocenters. The van der Waals surface area contributed by atoms with Crippen LogP contribution in [0.15, 0.2) is 47.5 Å². The van der Waals surface area contributed by atoms with E-state index < -0.39 is 0 Å². The van der Waals surface area contributed by atoms with Crippen molar-refractivity contribution in [3.05, 3.63) is 59.2 Å². The van der Waals surface area contributed by atoms with E-state index in [1.165, 1.54) is 35.2 Å². The Morgan fingerprint density at radius 3 is 2.19 bits per heavy atom. The Morgan fingerprint density at radius 1 is 0.923 bits per heavy atom. The highest BCUT2D eigenvalue weighted by atomic mass is 32.1. The Labute approximate surface area is 161 Å². The molecule has 0 unspecified atom stereocenters. The van der Waals surface area contributed by atoms with Crippen molar-refractivity contribution in [2.24, 2.45) is 4.99 Å². The van der Waals surface area contributed by atoms with E-state index in [1.54, 1.807) is 0 Å². The van der Waals surface area contributed by atoms with Crippen LogP contribution in [0.2, 0.25) is 0 Å². The fourth-order valence-electron chi connectivity index (χ4n) is 4.38. The third kappa shape index (κ3) is 2.64. The van der Waals surface area contributed by atoms with Crippen LogP contribution in [0, 0.1) is 20.8 Å². The Morgan fingerprint density at radius 2 is 1.54 bits per heavy atom. The molecule has 4 heteroatoms. The summed E-state index contributed by atoms with van der Waals surface area (Å²) in [6.45, 7) is 6.44. The number of aryl methyl sites for hydroxylation is 3. The molecule has 1 aliphatic heterocycles. The molecular weight excluding hydrogens is 338 g/mol. The average Bonchev–Trinajstić information content (AvgIpc) is 3.19. The number of anilines is 2. The smallest absolute Gasteiger partial charge is 0.202 e. The standard InChI is InChI=1S/C22H25N3S/c1-15-9-4-5-12-18(15)25-21(26)24-20(22(25)13-6-7-14-22)23-19-16(2)10-8-11-17(19)3/h4-5,8-12H,6-7,13-14H2,1-3H3,(H,23,24,26). The van der Waals surface area contributed by atoms with Gasteiger partial charge in [-0.25, -0.2) is 4.99 Å². The maximum absolute atomic E-state index is 5.75. The van der Waals surface area contributed by atoms with E-state index in [9.17, 15) is 0 Å². The van der Waals surface area contributed by atoms with Crippen molar-refractivity contribution in [2.75, 3.05) is 10.2 Å². The van der Waals surface area contributed by atoms with Crippen LogP contribution in [0.5, 0.6) is 0 Å². The fraction of sp³-hybridized carbons (Fsp3) is 0.364. The van der Waals surface area contributed by atoms with Crippen LogP contribution in [0.25, 0.3) is 0 Å². The molecule has 1 aliphatic carbocycles. The van der Waals surface area contributed by atoms with Gasteiger partial charge in [0.15, 0.2) is 0 Å². The molecule has 134 valence electrons. The second-order valence-corrected chi connectivity index (χ2v) is 7.86. The lowest BCUT2D eigenvalue weighted by Crippen LogP contribution is -2.52. The molecule has 2 aromatic rings. The highest BCUT2D eigenvalue weighted by Crippen LogP contribution is 2.44. The quantitative estimate of drug-likeness (QED) is 0.710. The van der Waals surface area contributed by atoms with E-state index >= 15 is 0 Å². The number of benzene rings is 2. The van der Waals surface area contributed by atoms with Gasteiger partial charge in [0.05, 0.1) is 0 Å². The molecule has 0 bridgehead atoms. The van der Waals surface area contributed by atoms with Crippen LogP contribution in [-0.4, -0.2) is 16.5 Å². The van der Waals surface area contributed by atoms with Crippen LogP contribution in [0.3, 0.4) is 0 Å². The molecule has 0 amide bonds. The first-order valence-corrected chi connectivity index (χ1v) is 9.76. The number of nitrogens with one attached hydrogen (secondary N) is 1. The first kappa shape index (κ1) is 17.2. The third-order valence-corrected chi connectivity index (χ3v) is 6.05. The summed E-state index contributed by atoms with van der Waals surface area (Å²) in [7, 11) is 0. The third-order valence-electron chi connectivity index (χ3n) is 5.78. The van der Waals surface area contributed by atoms with Crippen LogP contribution in [-0.2, 0) is 0 Å². The van der Waals surface area contributed by atoms with Crippen molar-refractivity contribution in [3.8, 4) is 0 Å². The van der Waals surface area contributed by atoms with E-state index in [4.69, 9.17) is 17.2 Å². The second kappa shape index (κ2) is 6.51. The topological polar surface area (TPSA) is 27.6 Å². The second-order valence-electron chi connectivity index (χ2n) is 7.50. The van der Waals surface area contributed by atoms with Gasteiger partial charge in [0, 0.05) is 11.4 Å². The lowest BCUT2D eigenvalue weighted by atomic mass is 9.92. The number of amidine groups is 1. The summed E-state index contributed by atoms with van der Waals surface area (Å²) in [6, 6.07) is 14.9. The molecular formula is C22H25N3S. The largest absolute Gasteiger partial charge is 0.341 e. The normalized spacial score (nSPS) is 18.5. The SMILES string of the molecule is Cc1ccccc1N1C(=S)N=C(Nc2c(C)cccc2C)C12CCCC2. The van der Waals surface area contributed by atoms with Gasteiger partial charge in [0.25, 0.3) is 0 Å². The molecule has 1 heterocycles. The molecule has 0 aromatic heterocycles. The number of rotatable bonds is 2. The maximum Gasteiger partial charge on any atom is 0.202 e. The number of aliphatic imine (C=N–C) groups is 1. The Bertz CT molecular complexity index is 874.